The van der Waals surface area contributed by atoms with Gasteiger partial charge in [-0.25, -0.2) is 0 Å². The van der Waals surface area contributed by atoms with Gasteiger partial charge in [-0.1, -0.05) is 0 Å². The first-order valence-corrected chi connectivity index (χ1v) is 8.30. The van der Waals surface area contributed by atoms with Crippen LogP contribution in [-0.2, 0) is 6.54 Å². The third kappa shape index (κ3) is 3.98. The summed E-state index contributed by atoms with van der Waals surface area (Å²) in [5.41, 5.74) is 8.20. The second-order valence-corrected chi connectivity index (χ2v) is 6.63. The average molecular weight is 368 g/mol. The molecule has 0 radical (unpaired) electrons. The standard InChI is InChI=1S/C15H18BrN3OS/c1-3-18-15(20)10-4-5-13(17)14(6-10)19(2)8-12-7-11(16)9-21-12/h4-7,9H,3,8,17H2,1-2H3,(H,18,20). The highest BCUT2D eigenvalue weighted by molar-refractivity contribution is 9.10. The molecule has 0 aliphatic carbocycles. The number of nitrogens with zero attached hydrogens (tertiary/aromatic N) is 1. The normalized spacial score (nSPS) is 10.4. The van der Waals surface area contributed by atoms with Crippen LogP contribution in [0.15, 0.2) is 34.1 Å². The Morgan fingerprint density at radius 3 is 2.81 bits per heavy atom. The minimum absolute atomic E-state index is 0.0778. The van der Waals surface area contributed by atoms with Gasteiger partial charge in [0.1, 0.15) is 0 Å². The maximum Gasteiger partial charge on any atom is 0.251 e. The summed E-state index contributed by atoms with van der Waals surface area (Å²) in [6.45, 7) is 3.26. The first kappa shape index (κ1) is 15.9. The largest absolute Gasteiger partial charge is 0.397 e. The van der Waals surface area contributed by atoms with Crippen molar-refractivity contribution in [2.24, 2.45) is 0 Å². The quantitative estimate of drug-likeness (QED) is 0.795. The van der Waals surface area contributed by atoms with Crippen LogP contribution in [0.2, 0.25) is 0 Å². The molecule has 2 rings (SSSR count). The van der Waals surface area contributed by atoms with Gasteiger partial charge in [0, 0.05) is 33.9 Å². The fourth-order valence-corrected chi connectivity index (χ4v) is 3.54. The van der Waals surface area contributed by atoms with Crippen LogP contribution in [0, 0.1) is 0 Å². The molecule has 0 fully saturated rings. The molecule has 1 aromatic heterocycles. The smallest absolute Gasteiger partial charge is 0.251 e. The third-order valence-electron chi connectivity index (χ3n) is 3.06. The number of nitrogen functional groups attached to an aromatic ring is 1. The number of thiophene rings is 1. The molecule has 0 bridgehead atoms. The predicted octanol–water partition coefficient (Wildman–Crippen LogP) is 3.48. The van der Waals surface area contributed by atoms with Crippen LogP contribution in [0.4, 0.5) is 11.4 Å². The Hall–Kier alpha value is -1.53. The summed E-state index contributed by atoms with van der Waals surface area (Å²) in [6.07, 6.45) is 0. The molecular formula is C15H18BrN3OS. The first-order valence-electron chi connectivity index (χ1n) is 6.63. The van der Waals surface area contributed by atoms with Crippen LogP contribution in [-0.4, -0.2) is 19.5 Å². The van der Waals surface area contributed by atoms with Crippen molar-refractivity contribution in [1.82, 2.24) is 5.32 Å². The maximum atomic E-state index is 11.9. The Morgan fingerprint density at radius 1 is 1.43 bits per heavy atom. The van der Waals surface area contributed by atoms with Gasteiger partial charge in [0.05, 0.1) is 17.9 Å². The van der Waals surface area contributed by atoms with Gasteiger partial charge >= 0.3 is 0 Å². The molecule has 0 aliphatic rings. The number of rotatable bonds is 5. The van der Waals surface area contributed by atoms with Crippen LogP contribution in [0.1, 0.15) is 22.2 Å². The number of carbonyl (C=O) groups is 1. The fraction of sp³-hybridized carbons (Fsp3) is 0.267. The number of nitrogens with one attached hydrogen (secondary N) is 1. The van der Waals surface area contributed by atoms with E-state index in [2.05, 4.69) is 37.6 Å². The topological polar surface area (TPSA) is 58.4 Å². The van der Waals surface area contributed by atoms with Crippen molar-refractivity contribution in [1.29, 1.82) is 0 Å². The van der Waals surface area contributed by atoms with E-state index >= 15 is 0 Å². The van der Waals surface area contributed by atoms with Crippen molar-refractivity contribution in [3.63, 3.8) is 0 Å². The van der Waals surface area contributed by atoms with E-state index in [1.807, 2.05) is 20.0 Å². The van der Waals surface area contributed by atoms with Crippen molar-refractivity contribution in [2.75, 3.05) is 24.2 Å². The summed E-state index contributed by atoms with van der Waals surface area (Å²) >= 11 is 5.14. The molecule has 4 nitrogen and oxygen atoms in total. The number of anilines is 2. The lowest BCUT2D eigenvalue weighted by Gasteiger charge is -2.21. The lowest BCUT2D eigenvalue weighted by atomic mass is 10.1. The molecule has 21 heavy (non-hydrogen) atoms. The van der Waals surface area contributed by atoms with Gasteiger partial charge in [0.2, 0.25) is 0 Å². The van der Waals surface area contributed by atoms with Crippen molar-refractivity contribution in [3.05, 3.63) is 44.6 Å². The van der Waals surface area contributed by atoms with E-state index in [1.54, 1.807) is 23.5 Å². The molecule has 112 valence electrons. The molecule has 1 heterocycles. The zero-order valence-electron chi connectivity index (χ0n) is 12.0. The number of halogens is 1. The number of hydrogen-bond donors (Lipinski definition) is 2. The molecule has 0 spiro atoms. The predicted molar refractivity (Wildman–Crippen MR) is 93.0 cm³/mol. The number of benzene rings is 1. The lowest BCUT2D eigenvalue weighted by Crippen LogP contribution is -2.23. The Kier molecular flexibility index (Phi) is 5.25. The van der Waals surface area contributed by atoms with E-state index in [0.29, 0.717) is 17.8 Å². The number of carbonyl (C=O) groups excluding carboxylic acids is 1. The first-order chi connectivity index (χ1) is 10.0. The zero-order chi connectivity index (χ0) is 15.4. The SMILES string of the molecule is CCNC(=O)c1ccc(N)c(N(C)Cc2cc(Br)cs2)c1. The summed E-state index contributed by atoms with van der Waals surface area (Å²) in [7, 11) is 1.97. The Morgan fingerprint density at radius 2 is 2.19 bits per heavy atom. The van der Waals surface area contributed by atoms with E-state index in [-0.39, 0.29) is 5.91 Å². The van der Waals surface area contributed by atoms with Crippen molar-refractivity contribution < 1.29 is 4.79 Å². The highest BCUT2D eigenvalue weighted by Crippen LogP contribution is 2.27. The molecule has 2 aromatic rings. The average Bonchev–Trinajstić information content (AvgIpc) is 2.84. The summed E-state index contributed by atoms with van der Waals surface area (Å²) in [4.78, 5) is 15.2. The summed E-state index contributed by atoms with van der Waals surface area (Å²) in [5.74, 6) is -0.0778. The van der Waals surface area contributed by atoms with Gasteiger partial charge < -0.3 is 16.0 Å². The van der Waals surface area contributed by atoms with Crippen molar-refractivity contribution in [2.45, 2.75) is 13.5 Å². The Balaban J connectivity index is 2.21. The molecule has 0 unspecified atom stereocenters. The minimum atomic E-state index is -0.0778. The molecule has 1 amide bonds. The van der Waals surface area contributed by atoms with E-state index in [9.17, 15) is 4.79 Å². The van der Waals surface area contributed by atoms with Crippen LogP contribution in [0.25, 0.3) is 0 Å². The van der Waals surface area contributed by atoms with Gasteiger partial charge in [-0.05, 0) is 47.1 Å². The van der Waals surface area contributed by atoms with E-state index in [0.717, 1.165) is 16.7 Å². The highest BCUT2D eigenvalue weighted by atomic mass is 79.9. The Labute approximate surface area is 137 Å². The van der Waals surface area contributed by atoms with Crippen LogP contribution in [0.3, 0.4) is 0 Å². The van der Waals surface area contributed by atoms with Crippen molar-refractivity contribution in [3.8, 4) is 0 Å². The number of nitrogens with two attached hydrogens (primary N) is 1. The zero-order valence-corrected chi connectivity index (χ0v) is 14.4. The van der Waals surface area contributed by atoms with E-state index in [1.165, 1.54) is 4.88 Å². The molecule has 3 N–H and O–H groups in total. The number of hydrogen-bond acceptors (Lipinski definition) is 4. The van der Waals surface area contributed by atoms with Crippen molar-refractivity contribution >= 4 is 44.5 Å². The highest BCUT2D eigenvalue weighted by Gasteiger charge is 2.12. The van der Waals surface area contributed by atoms with Crippen LogP contribution >= 0.6 is 27.3 Å². The molecule has 0 atom stereocenters. The molecule has 1 aromatic carbocycles. The van der Waals surface area contributed by atoms with Crippen LogP contribution in [0.5, 0.6) is 0 Å². The molecule has 0 saturated carbocycles. The summed E-state index contributed by atoms with van der Waals surface area (Å²) < 4.78 is 1.08. The van der Waals surface area contributed by atoms with Gasteiger partial charge in [0.15, 0.2) is 0 Å². The van der Waals surface area contributed by atoms with Gasteiger partial charge in [0.25, 0.3) is 5.91 Å². The number of amides is 1. The molecule has 6 heteroatoms. The van der Waals surface area contributed by atoms with Gasteiger partial charge in [-0.15, -0.1) is 11.3 Å². The third-order valence-corrected chi connectivity index (χ3v) is 4.74. The molecule has 0 saturated heterocycles. The maximum absolute atomic E-state index is 11.9. The minimum Gasteiger partial charge on any atom is -0.397 e. The monoisotopic (exact) mass is 367 g/mol. The van der Waals surface area contributed by atoms with E-state index in [4.69, 9.17) is 5.73 Å². The second kappa shape index (κ2) is 6.95. The summed E-state index contributed by atoms with van der Waals surface area (Å²) in [5, 5.41) is 4.85. The van der Waals surface area contributed by atoms with Gasteiger partial charge in [-0.2, -0.15) is 0 Å². The molecule has 0 aliphatic heterocycles. The fourth-order valence-electron chi connectivity index (χ4n) is 2.03. The van der Waals surface area contributed by atoms with Crippen LogP contribution < -0.4 is 16.0 Å². The van der Waals surface area contributed by atoms with Gasteiger partial charge in [-0.3, -0.25) is 4.79 Å². The lowest BCUT2D eigenvalue weighted by molar-refractivity contribution is 0.0956. The second-order valence-electron chi connectivity index (χ2n) is 4.72. The summed E-state index contributed by atoms with van der Waals surface area (Å²) in [6, 6.07) is 7.45. The molecular weight excluding hydrogens is 350 g/mol. The Bertz CT molecular complexity index is 642. The van der Waals surface area contributed by atoms with E-state index < -0.39 is 0 Å².